The van der Waals surface area contributed by atoms with E-state index in [1.165, 1.54) is 48.1 Å². The second-order valence-corrected chi connectivity index (χ2v) is 17.0. The number of hydrogen-bond donors (Lipinski definition) is 1. The second-order valence-electron chi connectivity index (χ2n) is 15.3. The maximum atomic E-state index is 15.0. The molecule has 1 fully saturated rings. The number of nitrogens with one attached hydrogen (secondary N) is 1. The van der Waals surface area contributed by atoms with Crippen LogP contribution in [0, 0.1) is 13.8 Å². The van der Waals surface area contributed by atoms with Gasteiger partial charge in [0.1, 0.15) is 17.5 Å². The van der Waals surface area contributed by atoms with Crippen LogP contribution >= 0.6 is 0 Å². The molecule has 0 radical (unpaired) electrons. The van der Waals surface area contributed by atoms with Gasteiger partial charge >= 0.3 is 6.18 Å². The largest absolute Gasteiger partial charge is 0.475 e. The summed E-state index contributed by atoms with van der Waals surface area (Å²) in [7, 11) is -2.79. The van der Waals surface area contributed by atoms with Crippen molar-refractivity contribution >= 4 is 33.0 Å². The molecule has 12 nitrogen and oxygen atoms in total. The Bertz CT molecular complexity index is 2410. The van der Waals surface area contributed by atoms with Crippen molar-refractivity contribution in [3.63, 3.8) is 0 Å². The van der Waals surface area contributed by atoms with E-state index in [2.05, 4.69) is 19.7 Å². The van der Waals surface area contributed by atoms with E-state index in [0.717, 1.165) is 30.5 Å². The maximum Gasteiger partial charge on any atom is 0.399 e. The predicted octanol–water partition coefficient (Wildman–Crippen LogP) is 7.60. The highest BCUT2D eigenvalue weighted by Gasteiger charge is 2.50. The van der Waals surface area contributed by atoms with Gasteiger partial charge < -0.3 is 18.9 Å². The van der Waals surface area contributed by atoms with Gasteiger partial charge in [-0.1, -0.05) is 24.3 Å². The molecular weight excluding hydrogens is 748 g/mol. The molecule has 2 aliphatic rings. The highest BCUT2D eigenvalue weighted by molar-refractivity contribution is 7.92. The number of anilines is 1. The van der Waals surface area contributed by atoms with E-state index in [1.54, 1.807) is 11.0 Å². The molecule has 3 atom stereocenters. The number of sulfonamides is 1. The predicted molar refractivity (Wildman–Crippen MR) is 204 cm³/mol. The lowest BCUT2D eigenvalue weighted by Crippen LogP contribution is -2.52. The van der Waals surface area contributed by atoms with Crippen LogP contribution in [0.2, 0.25) is 0 Å². The Morgan fingerprint density at radius 3 is 2.39 bits per heavy atom. The van der Waals surface area contributed by atoms with Crippen LogP contribution in [0.4, 0.5) is 19.1 Å². The average Bonchev–Trinajstić information content (AvgIpc) is 3.35. The summed E-state index contributed by atoms with van der Waals surface area (Å²) in [5, 5.41) is 0. The molecule has 0 spiro atoms. The van der Waals surface area contributed by atoms with Gasteiger partial charge in [0.2, 0.25) is 11.8 Å². The molecule has 1 unspecified atom stereocenters. The van der Waals surface area contributed by atoms with Crippen LogP contribution in [0.25, 0.3) is 22.4 Å². The number of carbonyl (C=O) groups is 1. The minimum atomic E-state index is -4.54. The first-order valence-electron chi connectivity index (χ1n) is 18.4. The lowest BCUT2D eigenvalue weighted by atomic mass is 9.88. The Morgan fingerprint density at radius 2 is 1.70 bits per heavy atom. The average molecular weight is 792 g/mol. The van der Waals surface area contributed by atoms with Crippen LogP contribution in [0.5, 0.6) is 5.88 Å². The van der Waals surface area contributed by atoms with Crippen molar-refractivity contribution in [1.82, 2.24) is 29.4 Å². The Morgan fingerprint density at radius 1 is 0.982 bits per heavy atom. The number of aromatic nitrogens is 5. The molecule has 296 valence electrons. The van der Waals surface area contributed by atoms with Gasteiger partial charge in [0.25, 0.3) is 15.9 Å². The topological polar surface area (TPSA) is 141 Å². The van der Waals surface area contributed by atoms with E-state index >= 15 is 0 Å². The Hall–Kier alpha value is -5.09. The summed E-state index contributed by atoms with van der Waals surface area (Å²) < 4.78 is 87.1. The molecule has 1 saturated heterocycles. The van der Waals surface area contributed by atoms with Gasteiger partial charge in [-0.3, -0.25) is 9.78 Å². The first-order valence-corrected chi connectivity index (χ1v) is 19.9. The zero-order chi connectivity index (χ0) is 40.3. The van der Waals surface area contributed by atoms with Gasteiger partial charge in [0, 0.05) is 29.9 Å². The van der Waals surface area contributed by atoms with Gasteiger partial charge in [-0.15, -0.1) is 0 Å². The van der Waals surface area contributed by atoms with E-state index in [1.807, 2.05) is 45.9 Å². The molecule has 2 aliphatic heterocycles. The number of hydrogen-bond acceptors (Lipinski definition) is 9. The van der Waals surface area contributed by atoms with Gasteiger partial charge in [-0.05, 0) is 96.2 Å². The van der Waals surface area contributed by atoms with Crippen LogP contribution in [-0.4, -0.2) is 74.8 Å². The van der Waals surface area contributed by atoms with Crippen molar-refractivity contribution in [2.24, 2.45) is 7.05 Å². The number of amides is 1. The molecule has 5 aromatic rings. The summed E-state index contributed by atoms with van der Waals surface area (Å²) in [5.41, 5.74) is 1.79. The third-order valence-electron chi connectivity index (χ3n) is 10.7. The molecule has 0 saturated carbocycles. The van der Waals surface area contributed by atoms with Crippen LogP contribution < -0.4 is 9.46 Å². The zero-order valence-electron chi connectivity index (χ0n) is 32.2. The first-order chi connectivity index (χ1) is 26.4. The monoisotopic (exact) mass is 791 g/mol. The van der Waals surface area contributed by atoms with Crippen molar-refractivity contribution in [3.05, 3.63) is 88.9 Å². The normalized spacial score (nSPS) is 20.3. The number of ether oxygens (including phenoxy) is 2. The first kappa shape index (κ1) is 39.2. The maximum absolute atomic E-state index is 15.0. The molecule has 7 rings (SSSR count). The minimum Gasteiger partial charge on any atom is -0.475 e. The van der Waals surface area contributed by atoms with Gasteiger partial charge in [-0.2, -0.15) is 18.2 Å². The third-order valence-corrected chi connectivity index (χ3v) is 12.0. The number of carbonyl (C=O) groups excluding carboxylic acids is 1. The number of halogens is 3. The van der Waals surface area contributed by atoms with E-state index < -0.39 is 45.7 Å². The molecule has 5 heterocycles. The highest BCUT2D eigenvalue weighted by Crippen LogP contribution is 2.42. The molecule has 56 heavy (non-hydrogen) atoms. The lowest BCUT2D eigenvalue weighted by molar-refractivity contribution is -0.181. The molecule has 1 amide bonds. The highest BCUT2D eigenvalue weighted by atomic mass is 32.2. The molecule has 2 aromatic carbocycles. The number of aryl methyl sites for hydroxylation is 3. The number of alkyl halides is 3. The minimum absolute atomic E-state index is 0.00995. The summed E-state index contributed by atoms with van der Waals surface area (Å²) in [6.07, 6.45) is -2.28. The van der Waals surface area contributed by atoms with Crippen LogP contribution in [0.3, 0.4) is 0 Å². The summed E-state index contributed by atoms with van der Waals surface area (Å²) in [5.74, 6) is -0.649. The molecular formula is C40H44F3N7O5S. The Balaban J connectivity index is 1.41. The molecule has 0 aliphatic carbocycles. The third kappa shape index (κ3) is 7.20. The van der Waals surface area contributed by atoms with E-state index in [9.17, 15) is 26.4 Å². The fraction of sp³-hybridized carbons (Fsp3) is 0.425. The quantitative estimate of drug-likeness (QED) is 0.191. The SMILES string of the molecule is Cc1cccc(C)c1-c1cc2nc(n1)NS(=O)(=O)c1cccc(c1)C(=O)N1C(c3cnc4cc(C(C)(C)C(F)(F)F)n(C)c4n3)CCC[C@@H](OC(C)C)[C@@H]1CO2. The molecule has 3 aromatic heterocycles. The van der Waals surface area contributed by atoms with Crippen molar-refractivity contribution in [3.8, 4) is 17.1 Å². The van der Waals surface area contributed by atoms with Crippen LogP contribution in [0.1, 0.15) is 85.9 Å². The molecule has 16 heteroatoms. The zero-order valence-corrected chi connectivity index (χ0v) is 33.0. The van der Waals surface area contributed by atoms with Crippen molar-refractivity contribution in [2.75, 3.05) is 11.3 Å². The standard InChI is InChI=1S/C40H44F3N7O5S/c1-22(2)55-32-16-10-15-30(29-20-44-28-18-33(49(7)36(28)45-29)39(5,6)40(41,42)43)50-31(32)21-54-34-19-27(35-23(3)11-8-12-24(35)4)46-38(47-34)48-56(52,53)26-14-9-13-25(17-26)37(50)51/h8-9,11-14,17-20,22,30-32H,10,15-16,21H2,1-7H3,(H,46,47,48)/t30?,31-,32+/m0/s1. The summed E-state index contributed by atoms with van der Waals surface area (Å²) in [6.45, 7) is 9.77. The van der Waals surface area contributed by atoms with Gasteiger partial charge in [-0.25, -0.2) is 23.1 Å². The summed E-state index contributed by atoms with van der Waals surface area (Å²) in [6, 6.07) is 13.0. The van der Waals surface area contributed by atoms with Crippen molar-refractivity contribution in [1.29, 1.82) is 0 Å². The number of benzene rings is 2. The Labute approximate surface area is 323 Å². The lowest BCUT2D eigenvalue weighted by Gasteiger charge is -2.39. The fourth-order valence-electron chi connectivity index (χ4n) is 7.72. The van der Waals surface area contributed by atoms with E-state index in [4.69, 9.17) is 14.5 Å². The van der Waals surface area contributed by atoms with Crippen molar-refractivity contribution in [2.45, 2.75) is 102 Å². The summed E-state index contributed by atoms with van der Waals surface area (Å²) >= 11 is 0. The second kappa shape index (κ2) is 14.4. The van der Waals surface area contributed by atoms with Crippen molar-refractivity contribution < 1.29 is 35.9 Å². The van der Waals surface area contributed by atoms with Crippen LogP contribution in [0.15, 0.2) is 65.7 Å². The fourth-order valence-corrected chi connectivity index (χ4v) is 8.70. The molecule has 1 N–H and O–H groups in total. The van der Waals surface area contributed by atoms with E-state index in [-0.39, 0.29) is 51.9 Å². The van der Waals surface area contributed by atoms with Gasteiger partial charge in [0.05, 0.1) is 46.8 Å². The number of rotatable bonds is 5. The number of fused-ring (bicyclic) bond motifs is 6. The Kier molecular flexibility index (Phi) is 10.1. The van der Waals surface area contributed by atoms with E-state index in [0.29, 0.717) is 30.7 Å². The number of nitrogens with zero attached hydrogens (tertiary/aromatic N) is 6. The van der Waals surface area contributed by atoms with Crippen LogP contribution in [-0.2, 0) is 27.2 Å². The van der Waals surface area contributed by atoms with Gasteiger partial charge in [0.15, 0.2) is 5.65 Å². The molecule has 4 bridgehead atoms. The summed E-state index contributed by atoms with van der Waals surface area (Å²) in [4.78, 5) is 34.9. The smallest absolute Gasteiger partial charge is 0.399 e.